The molecule has 3 nitrogen and oxygen atoms in total. The van der Waals surface area contributed by atoms with E-state index in [1.807, 2.05) is 11.3 Å². The molecule has 3 aliphatic rings. The summed E-state index contributed by atoms with van der Waals surface area (Å²) in [4.78, 5) is 8.12. The fourth-order valence-electron chi connectivity index (χ4n) is 13.9. The molecule has 0 fully saturated rings. The Balaban J connectivity index is 1.37. The van der Waals surface area contributed by atoms with Crippen molar-refractivity contribution < 1.29 is 0 Å². The van der Waals surface area contributed by atoms with Crippen molar-refractivity contribution in [2.24, 2.45) is 0 Å². The largest absolute Gasteiger partial charge is 0.313 e. The first-order valence-electron chi connectivity index (χ1n) is 29.4. The number of hydrogen-bond acceptors (Lipinski definition) is 4. The smallest absolute Gasteiger partial charge is 0.264 e. The van der Waals surface area contributed by atoms with Crippen LogP contribution in [0, 0.1) is 0 Å². The average Bonchev–Trinajstić information content (AvgIpc) is 4.01. The van der Waals surface area contributed by atoms with Crippen LogP contribution in [-0.4, -0.2) is 85.2 Å². The lowest BCUT2D eigenvalue weighted by Gasteiger charge is -2.47. The van der Waals surface area contributed by atoms with Gasteiger partial charge in [-0.05, 0) is 133 Å². The first kappa shape index (κ1) is 55.5. The number of benzene rings is 7. The third-order valence-electron chi connectivity index (χ3n) is 20.1. The van der Waals surface area contributed by atoms with Crippen molar-refractivity contribution in [3.8, 4) is 0 Å². The van der Waals surface area contributed by atoms with Gasteiger partial charge >= 0.3 is 0 Å². The van der Waals surface area contributed by atoms with Gasteiger partial charge in [0.15, 0.2) is 0 Å². The second-order valence-electron chi connectivity index (χ2n) is 28.9. The van der Waals surface area contributed by atoms with Crippen LogP contribution in [0.5, 0.6) is 0 Å². The molecule has 0 amide bonds. The molecule has 0 saturated carbocycles. The monoisotopic (exact) mass is 1040 g/mol. The van der Waals surface area contributed by atoms with Crippen molar-refractivity contribution in [1.29, 1.82) is 0 Å². The molecule has 1 aromatic heterocycles. The number of thiophene rings is 1. The summed E-state index contributed by atoms with van der Waals surface area (Å²) in [6.45, 7) is 31.1. The zero-order valence-corrected chi connectivity index (χ0v) is 53.2. The molecular formula is C64H78B11N3S. The number of fused-ring (bicyclic) bond motifs is 7. The Morgan fingerprint density at radius 3 is 1.29 bits per heavy atom. The third-order valence-corrected chi connectivity index (χ3v) is 21.3. The van der Waals surface area contributed by atoms with Crippen molar-refractivity contribution in [3.63, 3.8) is 0 Å². The maximum absolute atomic E-state index is 2.72. The summed E-state index contributed by atoms with van der Waals surface area (Å²) in [7, 11) is 23.5. The Kier molecular flexibility index (Phi) is 13.1. The van der Waals surface area contributed by atoms with E-state index in [0.29, 0.717) is 0 Å². The van der Waals surface area contributed by atoms with E-state index in [-0.39, 0.29) is 33.8 Å². The summed E-state index contributed by atoms with van der Waals surface area (Å²) >= 11 is 2.02. The van der Waals surface area contributed by atoms with Crippen LogP contribution >= 0.6 is 11.3 Å². The highest BCUT2D eigenvalue weighted by Gasteiger charge is 2.48. The molecule has 3 heterocycles. The minimum atomic E-state index is -0.0341. The molecule has 0 bridgehead atoms. The molecule has 0 N–H and O–H groups in total. The third kappa shape index (κ3) is 8.65. The van der Waals surface area contributed by atoms with E-state index in [1.54, 1.807) is 0 Å². The van der Waals surface area contributed by atoms with Gasteiger partial charge in [0, 0.05) is 54.7 Å². The molecule has 0 unspecified atom stereocenters. The van der Waals surface area contributed by atoms with Crippen LogP contribution in [0.25, 0.3) is 10.1 Å². The SMILES string of the molecule is Bc1c(B)c(B)c(N(c2cc3c4c(c2)N(c2ccc(C(C)(C)C)cc2)c2c(sc5ccc(C(C)(C)C)cc25)B4c2cc4c(cc2N3c2ccc(C(C)(C)C)cc2)C(C)(C)CCC4(C)C)c2c(B)c(B)c(B)c(B)c2B)c(B)c1B. The summed E-state index contributed by atoms with van der Waals surface area (Å²) in [5, 5.41) is 1.33. The van der Waals surface area contributed by atoms with Crippen LogP contribution in [0.4, 0.5) is 51.2 Å². The Labute approximate surface area is 488 Å². The fourth-order valence-corrected chi connectivity index (χ4v) is 15.2. The maximum atomic E-state index is 2.72. The normalized spacial score (nSPS) is 15.4. The van der Waals surface area contributed by atoms with Gasteiger partial charge < -0.3 is 14.7 Å². The number of anilines is 9. The topological polar surface area (TPSA) is 9.72 Å². The fraction of sp³-hybridized carbons (Fsp3) is 0.312. The predicted molar refractivity (Wildman–Crippen MR) is 384 cm³/mol. The average molecular weight is 1040 g/mol. The van der Waals surface area contributed by atoms with E-state index in [4.69, 9.17) is 0 Å². The van der Waals surface area contributed by atoms with Crippen molar-refractivity contribution in [3.05, 3.63) is 119 Å². The Bertz CT molecular complexity index is 3750. The van der Waals surface area contributed by atoms with E-state index in [2.05, 4.69) is 274 Å². The maximum Gasteiger partial charge on any atom is 0.264 e. The van der Waals surface area contributed by atoms with Crippen molar-refractivity contribution in [2.75, 3.05) is 14.7 Å². The molecule has 8 aromatic rings. The Morgan fingerprint density at radius 1 is 0.456 bits per heavy atom. The lowest BCUT2D eigenvalue weighted by Crippen LogP contribution is -2.61. The lowest BCUT2D eigenvalue weighted by molar-refractivity contribution is 0.332. The van der Waals surface area contributed by atoms with Crippen LogP contribution < -0.4 is 85.0 Å². The minimum Gasteiger partial charge on any atom is -0.313 e. The van der Waals surface area contributed by atoms with E-state index in [0.717, 1.165) is 12.8 Å². The van der Waals surface area contributed by atoms with Gasteiger partial charge in [0.25, 0.3) is 6.71 Å². The van der Waals surface area contributed by atoms with Gasteiger partial charge in [-0.15, -0.1) is 22.3 Å². The molecule has 0 saturated heterocycles. The highest BCUT2D eigenvalue weighted by atomic mass is 32.1. The van der Waals surface area contributed by atoms with Crippen LogP contribution in [0.1, 0.15) is 131 Å². The molecule has 2 aliphatic heterocycles. The number of rotatable bonds is 5. The lowest BCUT2D eigenvalue weighted by atomic mass is 9.35. The molecule has 11 rings (SSSR count). The van der Waals surface area contributed by atoms with Gasteiger partial charge in [0.1, 0.15) is 78.5 Å². The quantitative estimate of drug-likeness (QED) is 0.211. The molecule has 79 heavy (non-hydrogen) atoms. The Morgan fingerprint density at radius 2 is 0.848 bits per heavy atom. The van der Waals surface area contributed by atoms with Crippen molar-refractivity contribution in [1.82, 2.24) is 0 Å². The highest BCUT2D eigenvalue weighted by Crippen LogP contribution is 2.53. The van der Waals surface area contributed by atoms with Gasteiger partial charge in [-0.1, -0.05) is 170 Å². The second kappa shape index (κ2) is 18.6. The molecule has 0 atom stereocenters. The summed E-state index contributed by atoms with van der Waals surface area (Å²) in [6.07, 6.45) is 2.31. The van der Waals surface area contributed by atoms with Crippen LogP contribution in [0.3, 0.4) is 0 Å². The van der Waals surface area contributed by atoms with Crippen molar-refractivity contribution in [2.45, 2.75) is 130 Å². The van der Waals surface area contributed by atoms with Gasteiger partial charge in [-0.2, -0.15) is 0 Å². The van der Waals surface area contributed by atoms with Gasteiger partial charge in [-0.3, -0.25) is 0 Å². The molecule has 0 spiro atoms. The minimum absolute atomic E-state index is 0.00122. The number of nitrogens with zero attached hydrogens (tertiary/aromatic N) is 3. The molecular weight excluding hydrogens is 962 g/mol. The summed E-state index contributed by atoms with van der Waals surface area (Å²) in [6, 6.07) is 37.2. The van der Waals surface area contributed by atoms with Crippen LogP contribution in [-0.2, 0) is 27.1 Å². The van der Waals surface area contributed by atoms with Gasteiger partial charge in [0.05, 0.1) is 11.4 Å². The zero-order chi connectivity index (χ0) is 57.3. The molecule has 388 valence electrons. The van der Waals surface area contributed by atoms with E-state index >= 15 is 0 Å². The summed E-state index contributed by atoms with van der Waals surface area (Å²) < 4.78 is 2.75. The van der Waals surface area contributed by atoms with E-state index in [1.165, 1.54) is 159 Å². The first-order chi connectivity index (χ1) is 36.7. The predicted octanol–water partition coefficient (Wildman–Crippen LogP) is -0.721. The standard InChI is InChI=1S/C64H78B11N3S/c1-60(2,3)31-14-19-34(20-15-31)76-41-30-39-38(63(10,11)24-25-64(39,12)13)29-40(41)75-55-42(76)27-36(78(57-51(71)47(67)45(65)48(68)52(57)72)58-53(73)49(69)46(66)50(70)54(58)74)28-43(55)77(35-21-16-32(17-22-35)61(4,5)6)56-37-26-33(62(7,8)9)18-23-44(37)79-59(56)75/h14-23,26-30H,24-25,65-74H2,1-13H3. The van der Waals surface area contributed by atoms with Crippen LogP contribution in [0.2, 0.25) is 0 Å². The molecule has 1 aliphatic carbocycles. The Hall–Kier alpha value is -5.39. The second-order valence-corrected chi connectivity index (χ2v) is 30.0. The van der Waals surface area contributed by atoms with Gasteiger partial charge in [0.2, 0.25) is 0 Å². The molecule has 7 aromatic carbocycles. The highest BCUT2D eigenvalue weighted by molar-refractivity contribution is 7.33. The van der Waals surface area contributed by atoms with E-state index in [9.17, 15) is 0 Å². The van der Waals surface area contributed by atoms with Crippen molar-refractivity contribution >= 4 is 228 Å². The zero-order valence-electron chi connectivity index (χ0n) is 52.4. The van der Waals surface area contributed by atoms with Gasteiger partial charge in [-0.25, -0.2) is 0 Å². The molecule has 15 heteroatoms. The van der Waals surface area contributed by atoms with Crippen LogP contribution in [0.15, 0.2) is 91.0 Å². The molecule has 0 radical (unpaired) electrons. The summed E-state index contributed by atoms with van der Waals surface area (Å²) in [5.74, 6) is 0. The van der Waals surface area contributed by atoms with E-state index < -0.39 is 0 Å². The number of hydrogen-bond donors (Lipinski definition) is 0. The first-order valence-corrected chi connectivity index (χ1v) is 30.3. The summed E-state index contributed by atoms with van der Waals surface area (Å²) in [5.41, 5.74) is 34.5.